The summed E-state index contributed by atoms with van der Waals surface area (Å²) in [4.78, 5) is 0. The van der Waals surface area contributed by atoms with Gasteiger partial charge >= 0.3 is 0 Å². The average molecular weight is 162 g/mol. The Bertz CT molecular complexity index is 279. The third-order valence-corrected chi connectivity index (χ3v) is 1.66. The van der Waals surface area contributed by atoms with Gasteiger partial charge in [-0.2, -0.15) is 0 Å². The first kappa shape index (κ1) is 10.6. The molecule has 2 heteroatoms. The lowest BCUT2D eigenvalue weighted by molar-refractivity contribution is 1.75. The summed E-state index contributed by atoms with van der Waals surface area (Å²) in [7, 11) is 0. The van der Waals surface area contributed by atoms with Crippen molar-refractivity contribution in [1.82, 2.24) is 12.3 Å². The van der Waals surface area contributed by atoms with Crippen LogP contribution in [0.15, 0.2) is 48.5 Å². The van der Waals surface area contributed by atoms with Gasteiger partial charge in [-0.25, -0.2) is 0 Å². The third kappa shape index (κ3) is 1.81. The third-order valence-electron chi connectivity index (χ3n) is 1.66. The molecule has 0 heterocycles. The van der Waals surface area contributed by atoms with E-state index in [2.05, 4.69) is 48.5 Å². The standard InChI is InChI=1S/C10H8.2H3N/c1-2-6-10-8-4-3-7-9(10)5-1;;/h1-8H;2*1H3. The molecule has 0 spiro atoms. The van der Waals surface area contributed by atoms with Gasteiger partial charge in [-0.15, -0.1) is 0 Å². The maximum absolute atomic E-state index is 2.12. The second-order valence-electron chi connectivity index (χ2n) is 2.35. The van der Waals surface area contributed by atoms with Gasteiger partial charge in [0.1, 0.15) is 0 Å². The zero-order valence-corrected chi connectivity index (χ0v) is 7.03. The monoisotopic (exact) mass is 162 g/mol. The molecule has 2 aromatic rings. The van der Waals surface area contributed by atoms with Crippen LogP contribution in [0.5, 0.6) is 0 Å². The minimum absolute atomic E-state index is 0. The normalized spacial score (nSPS) is 8.33. The van der Waals surface area contributed by atoms with E-state index in [0.717, 1.165) is 0 Å². The van der Waals surface area contributed by atoms with Gasteiger partial charge in [-0.05, 0) is 10.8 Å². The van der Waals surface area contributed by atoms with Crippen molar-refractivity contribution in [3.05, 3.63) is 48.5 Å². The summed E-state index contributed by atoms with van der Waals surface area (Å²) in [6, 6.07) is 16.7. The Morgan fingerprint density at radius 3 is 1.00 bits per heavy atom. The number of benzene rings is 2. The van der Waals surface area contributed by atoms with Gasteiger partial charge in [0, 0.05) is 0 Å². The summed E-state index contributed by atoms with van der Waals surface area (Å²) in [5, 5.41) is 2.62. The predicted molar refractivity (Wildman–Crippen MR) is 54.0 cm³/mol. The van der Waals surface area contributed by atoms with Crippen molar-refractivity contribution >= 4 is 10.8 Å². The van der Waals surface area contributed by atoms with Crippen LogP contribution in [0.25, 0.3) is 10.8 Å². The molecule has 2 aromatic carbocycles. The van der Waals surface area contributed by atoms with Gasteiger partial charge in [0.05, 0.1) is 0 Å². The Hall–Kier alpha value is -1.38. The lowest BCUT2D eigenvalue weighted by Crippen LogP contribution is -1.67. The van der Waals surface area contributed by atoms with Crippen molar-refractivity contribution in [3.8, 4) is 0 Å². The molecule has 0 aromatic heterocycles. The highest BCUT2D eigenvalue weighted by Crippen LogP contribution is 2.11. The first-order valence-corrected chi connectivity index (χ1v) is 3.40. The molecule has 0 bridgehead atoms. The van der Waals surface area contributed by atoms with Crippen LogP contribution in [-0.4, -0.2) is 0 Å². The molecule has 0 saturated heterocycles. The van der Waals surface area contributed by atoms with Crippen LogP contribution in [-0.2, 0) is 0 Å². The van der Waals surface area contributed by atoms with E-state index in [1.807, 2.05) is 0 Å². The van der Waals surface area contributed by atoms with Crippen LogP contribution < -0.4 is 12.3 Å². The number of fused-ring (bicyclic) bond motifs is 1. The summed E-state index contributed by atoms with van der Waals surface area (Å²) < 4.78 is 0. The minimum Gasteiger partial charge on any atom is -0.344 e. The molecule has 64 valence electrons. The molecule has 0 aliphatic rings. The molecule has 6 N–H and O–H groups in total. The van der Waals surface area contributed by atoms with Crippen LogP contribution in [0.3, 0.4) is 0 Å². The second-order valence-corrected chi connectivity index (χ2v) is 2.35. The van der Waals surface area contributed by atoms with Crippen molar-refractivity contribution in [2.75, 3.05) is 0 Å². The molecular formula is C10H14N2. The quantitative estimate of drug-likeness (QED) is 0.624. The Labute approximate surface area is 72.4 Å². The second kappa shape index (κ2) is 4.49. The lowest BCUT2D eigenvalue weighted by Gasteiger charge is -1.92. The zero-order valence-electron chi connectivity index (χ0n) is 7.03. The molecule has 0 unspecified atom stereocenters. The van der Waals surface area contributed by atoms with Crippen molar-refractivity contribution in [1.29, 1.82) is 0 Å². The average Bonchev–Trinajstić information content (AvgIpc) is 2.05. The molecule has 0 amide bonds. The van der Waals surface area contributed by atoms with E-state index in [1.165, 1.54) is 10.8 Å². The van der Waals surface area contributed by atoms with E-state index < -0.39 is 0 Å². The van der Waals surface area contributed by atoms with E-state index in [9.17, 15) is 0 Å². The molecule has 0 aliphatic heterocycles. The fourth-order valence-corrected chi connectivity index (χ4v) is 1.13. The van der Waals surface area contributed by atoms with Gasteiger partial charge in [0.25, 0.3) is 0 Å². The van der Waals surface area contributed by atoms with E-state index in [1.54, 1.807) is 0 Å². The first-order chi connectivity index (χ1) is 4.97. The van der Waals surface area contributed by atoms with Crippen molar-refractivity contribution in [2.24, 2.45) is 0 Å². The smallest absolute Gasteiger partial charge is 0.0184 e. The van der Waals surface area contributed by atoms with Gasteiger partial charge in [0.2, 0.25) is 0 Å². The summed E-state index contributed by atoms with van der Waals surface area (Å²) in [6.45, 7) is 0. The Morgan fingerprint density at radius 1 is 0.500 bits per heavy atom. The van der Waals surface area contributed by atoms with Gasteiger partial charge in [-0.3, -0.25) is 0 Å². The molecule has 2 rings (SSSR count). The largest absolute Gasteiger partial charge is 0.344 e. The Morgan fingerprint density at radius 2 is 0.750 bits per heavy atom. The van der Waals surface area contributed by atoms with Crippen LogP contribution in [0, 0.1) is 0 Å². The Balaban J connectivity index is 0.000000605. The van der Waals surface area contributed by atoms with Crippen molar-refractivity contribution in [2.45, 2.75) is 0 Å². The lowest BCUT2D eigenvalue weighted by atomic mass is 10.1. The number of hydrogen-bond acceptors (Lipinski definition) is 2. The minimum atomic E-state index is 0. The van der Waals surface area contributed by atoms with Crippen LogP contribution in [0.1, 0.15) is 0 Å². The molecular weight excluding hydrogens is 148 g/mol. The van der Waals surface area contributed by atoms with Crippen molar-refractivity contribution in [3.63, 3.8) is 0 Å². The zero-order chi connectivity index (χ0) is 6.81. The number of hydrogen-bond donors (Lipinski definition) is 2. The topological polar surface area (TPSA) is 70.0 Å². The fourth-order valence-electron chi connectivity index (χ4n) is 1.13. The highest BCUT2D eigenvalue weighted by molar-refractivity contribution is 5.81. The van der Waals surface area contributed by atoms with E-state index >= 15 is 0 Å². The molecule has 0 aliphatic carbocycles. The Kier molecular flexibility index (Phi) is 3.97. The fraction of sp³-hybridized carbons (Fsp3) is 0. The van der Waals surface area contributed by atoms with Crippen LogP contribution in [0.4, 0.5) is 0 Å². The summed E-state index contributed by atoms with van der Waals surface area (Å²) >= 11 is 0. The SMILES string of the molecule is N.N.c1ccc2ccccc2c1. The van der Waals surface area contributed by atoms with E-state index in [-0.39, 0.29) is 12.3 Å². The van der Waals surface area contributed by atoms with Crippen LogP contribution in [0.2, 0.25) is 0 Å². The molecule has 0 saturated carbocycles. The van der Waals surface area contributed by atoms with Gasteiger partial charge in [0.15, 0.2) is 0 Å². The molecule has 0 atom stereocenters. The summed E-state index contributed by atoms with van der Waals surface area (Å²) in [6.07, 6.45) is 0. The maximum Gasteiger partial charge on any atom is -0.0184 e. The maximum atomic E-state index is 2.12. The van der Waals surface area contributed by atoms with E-state index in [0.29, 0.717) is 0 Å². The molecule has 0 radical (unpaired) electrons. The number of rotatable bonds is 0. The highest BCUT2D eigenvalue weighted by atomic mass is 14.0. The molecule has 12 heavy (non-hydrogen) atoms. The molecule has 2 nitrogen and oxygen atoms in total. The predicted octanol–water partition coefficient (Wildman–Crippen LogP) is 3.16. The van der Waals surface area contributed by atoms with E-state index in [4.69, 9.17) is 0 Å². The van der Waals surface area contributed by atoms with Crippen molar-refractivity contribution < 1.29 is 0 Å². The first-order valence-electron chi connectivity index (χ1n) is 3.40. The van der Waals surface area contributed by atoms with Crippen LogP contribution >= 0.6 is 0 Å². The highest BCUT2D eigenvalue weighted by Gasteiger charge is 1.85. The molecule has 0 fully saturated rings. The summed E-state index contributed by atoms with van der Waals surface area (Å²) in [5.74, 6) is 0. The van der Waals surface area contributed by atoms with Gasteiger partial charge in [-0.1, -0.05) is 48.5 Å². The van der Waals surface area contributed by atoms with Gasteiger partial charge < -0.3 is 12.3 Å². The summed E-state index contributed by atoms with van der Waals surface area (Å²) in [5.41, 5.74) is 0.